The Hall–Kier alpha value is -5.83. The molecule has 258 valence electrons. The molecule has 1 aliphatic heterocycles. The second-order valence-electron chi connectivity index (χ2n) is 11.8. The molecule has 0 spiro atoms. The molecular weight excluding hydrogens is 649 g/mol. The van der Waals surface area contributed by atoms with Crippen LogP contribution in [0.5, 0.6) is 17.2 Å². The van der Waals surface area contributed by atoms with E-state index in [1.165, 1.54) is 64.8 Å². The average Bonchev–Trinajstić information content (AvgIpc) is 3.12. The van der Waals surface area contributed by atoms with Crippen LogP contribution in [0, 0.1) is 19.3 Å². The molecule has 0 N–H and O–H groups in total. The minimum Gasteiger partial charge on any atom is -0.497 e. The number of aliphatic imine (C=N–C) groups is 1. The van der Waals surface area contributed by atoms with E-state index >= 15 is 4.39 Å². The number of methoxy groups -OCH3 is 3. The molecule has 0 fully saturated rings. The van der Waals surface area contributed by atoms with Crippen molar-refractivity contribution in [3.8, 4) is 17.2 Å². The van der Waals surface area contributed by atoms with E-state index in [1.807, 2.05) is 25.1 Å². The third kappa shape index (κ3) is 7.89. The number of hydrogen-bond acceptors (Lipinski definition) is 8. The Morgan fingerprint density at radius 2 is 1.66 bits per heavy atom. The molecule has 0 radical (unpaired) electrons. The van der Waals surface area contributed by atoms with Gasteiger partial charge in [-0.25, -0.2) is 23.0 Å². The Morgan fingerprint density at radius 3 is 2.28 bits per heavy atom. The van der Waals surface area contributed by atoms with Gasteiger partial charge in [-0.05, 0) is 67.4 Å². The Kier molecular flexibility index (Phi) is 10.8. The number of allylic oxidation sites excluding steroid dienone is 1. The summed E-state index contributed by atoms with van der Waals surface area (Å²) < 4.78 is 67.2. The third-order valence-electron chi connectivity index (χ3n) is 8.21. The molecule has 0 saturated carbocycles. The van der Waals surface area contributed by atoms with Gasteiger partial charge in [0.2, 0.25) is 5.69 Å². The number of alkyl halides is 2. The minimum absolute atomic E-state index is 0.0343. The summed E-state index contributed by atoms with van der Waals surface area (Å²) in [7, 11) is 4.58. The smallest absolute Gasteiger partial charge is 0.295 e. The van der Waals surface area contributed by atoms with Crippen LogP contribution < -0.4 is 14.2 Å². The van der Waals surface area contributed by atoms with Crippen molar-refractivity contribution in [3.63, 3.8) is 0 Å². The molecule has 12 heteroatoms. The number of halogens is 3. The SMILES string of the molecule is [C-]#[N+]c1ccc(C(=O)Cc2ccc(F)c([C@]3(C)C=C(C(F)F)OC(N(Cc4ccc(C)cc4OC)Cc4ccc(OC)cc4OC)=N3)c2)nc1. The number of carbonyl (C=O) groups is 1. The first-order valence-corrected chi connectivity index (χ1v) is 15.5. The minimum atomic E-state index is -3.05. The topological polar surface area (TPSA) is 86.8 Å². The van der Waals surface area contributed by atoms with Crippen LogP contribution in [-0.2, 0) is 29.8 Å². The molecule has 5 rings (SSSR count). The number of Topliss-reactive ketones (excluding diaryl/α,β-unsaturated/α-hetero) is 1. The van der Waals surface area contributed by atoms with E-state index in [2.05, 4.69) is 9.83 Å². The van der Waals surface area contributed by atoms with Gasteiger partial charge in [-0.15, -0.1) is 0 Å². The van der Waals surface area contributed by atoms with Crippen LogP contribution in [0.25, 0.3) is 4.85 Å². The van der Waals surface area contributed by atoms with Gasteiger partial charge in [0.25, 0.3) is 12.4 Å². The number of aryl methyl sites for hydroxylation is 1. The maximum Gasteiger partial charge on any atom is 0.295 e. The number of ketones is 1. The van der Waals surface area contributed by atoms with Gasteiger partial charge in [-0.3, -0.25) is 9.78 Å². The first-order chi connectivity index (χ1) is 24.0. The number of aromatic nitrogens is 1. The maximum absolute atomic E-state index is 15.7. The van der Waals surface area contributed by atoms with E-state index in [4.69, 9.17) is 30.5 Å². The molecule has 2 heterocycles. The summed E-state index contributed by atoms with van der Waals surface area (Å²) in [6.07, 6.45) is -0.813. The number of hydrogen-bond donors (Lipinski definition) is 0. The van der Waals surface area contributed by atoms with E-state index in [0.717, 1.165) is 17.2 Å². The monoisotopic (exact) mass is 684 g/mol. The van der Waals surface area contributed by atoms with Crippen LogP contribution in [0.4, 0.5) is 18.9 Å². The van der Waals surface area contributed by atoms with Crippen LogP contribution in [0.1, 0.15) is 45.2 Å². The van der Waals surface area contributed by atoms with Crippen LogP contribution in [-0.4, -0.2) is 49.4 Å². The fourth-order valence-electron chi connectivity index (χ4n) is 5.58. The van der Waals surface area contributed by atoms with Crippen molar-refractivity contribution in [1.29, 1.82) is 0 Å². The molecule has 1 atom stereocenters. The molecule has 3 aromatic carbocycles. The second-order valence-corrected chi connectivity index (χ2v) is 11.8. The number of amidine groups is 1. The van der Waals surface area contributed by atoms with Crippen LogP contribution in [0.2, 0.25) is 0 Å². The third-order valence-corrected chi connectivity index (χ3v) is 8.21. The van der Waals surface area contributed by atoms with Crippen LogP contribution in [0.3, 0.4) is 0 Å². The van der Waals surface area contributed by atoms with Crippen molar-refractivity contribution in [2.24, 2.45) is 4.99 Å². The van der Waals surface area contributed by atoms with Gasteiger partial charge in [0.1, 0.15) is 34.3 Å². The van der Waals surface area contributed by atoms with E-state index in [1.54, 1.807) is 23.1 Å². The van der Waals surface area contributed by atoms with Gasteiger partial charge in [-0.1, -0.05) is 24.3 Å². The van der Waals surface area contributed by atoms with Crippen molar-refractivity contribution >= 4 is 17.5 Å². The Bertz CT molecular complexity index is 1990. The number of nitrogens with zero attached hydrogens (tertiary/aromatic N) is 4. The van der Waals surface area contributed by atoms with Gasteiger partial charge < -0.3 is 23.8 Å². The lowest BCUT2D eigenvalue weighted by atomic mass is 9.88. The molecule has 4 aromatic rings. The predicted octanol–water partition coefficient (Wildman–Crippen LogP) is 7.98. The Labute approximate surface area is 288 Å². The van der Waals surface area contributed by atoms with Crippen molar-refractivity contribution in [1.82, 2.24) is 9.88 Å². The first-order valence-electron chi connectivity index (χ1n) is 15.5. The quantitative estimate of drug-likeness (QED) is 0.111. The zero-order valence-electron chi connectivity index (χ0n) is 28.2. The highest BCUT2D eigenvalue weighted by Gasteiger charge is 2.37. The average molecular weight is 685 g/mol. The number of carbonyl (C=O) groups excluding carboxylic acids is 1. The maximum atomic E-state index is 15.7. The van der Waals surface area contributed by atoms with Crippen LogP contribution >= 0.6 is 0 Å². The van der Waals surface area contributed by atoms with Gasteiger partial charge in [0.15, 0.2) is 11.5 Å². The first kappa shape index (κ1) is 35.5. The zero-order chi connectivity index (χ0) is 36.0. The highest BCUT2D eigenvalue weighted by Crippen LogP contribution is 2.38. The molecule has 1 aliphatic rings. The summed E-state index contributed by atoms with van der Waals surface area (Å²) in [5.41, 5.74) is 1.49. The summed E-state index contributed by atoms with van der Waals surface area (Å²) in [4.78, 5) is 26.8. The number of ether oxygens (including phenoxy) is 4. The summed E-state index contributed by atoms with van der Waals surface area (Å²) in [6, 6.07) is 17.7. The lowest BCUT2D eigenvalue weighted by molar-refractivity contribution is 0.0988. The van der Waals surface area contributed by atoms with Crippen molar-refractivity contribution in [2.75, 3.05) is 21.3 Å². The zero-order valence-corrected chi connectivity index (χ0v) is 28.2. The molecule has 1 aromatic heterocycles. The fraction of sp³-hybridized carbons (Fsp3) is 0.263. The number of rotatable bonds is 12. The van der Waals surface area contributed by atoms with E-state index in [0.29, 0.717) is 28.4 Å². The number of pyridine rings is 1. The largest absolute Gasteiger partial charge is 0.497 e. The Morgan fingerprint density at radius 1 is 0.960 bits per heavy atom. The van der Waals surface area contributed by atoms with E-state index in [-0.39, 0.29) is 48.3 Å². The lowest BCUT2D eigenvalue weighted by Crippen LogP contribution is -2.38. The van der Waals surface area contributed by atoms with Gasteiger partial charge in [-0.2, -0.15) is 0 Å². The van der Waals surface area contributed by atoms with E-state index in [9.17, 15) is 13.6 Å². The van der Waals surface area contributed by atoms with Gasteiger partial charge in [0.05, 0.1) is 41.0 Å². The molecule has 50 heavy (non-hydrogen) atoms. The molecule has 0 amide bonds. The highest BCUT2D eigenvalue weighted by molar-refractivity contribution is 5.96. The molecule has 9 nitrogen and oxygen atoms in total. The molecular formula is C38H35F3N4O5. The normalized spacial score (nSPS) is 15.4. The lowest BCUT2D eigenvalue weighted by Gasteiger charge is -2.34. The van der Waals surface area contributed by atoms with E-state index < -0.39 is 23.5 Å². The Balaban J connectivity index is 1.58. The van der Waals surface area contributed by atoms with Crippen molar-refractivity contribution in [3.05, 3.63) is 136 Å². The second kappa shape index (κ2) is 15.2. The molecule has 0 unspecified atom stereocenters. The summed E-state index contributed by atoms with van der Waals surface area (Å²) in [5, 5.41) is 0. The standard InChI is InChI=1S/C38H35F3N4O5/c1-23-7-9-25(33(15-23)48-5)21-45(22-26-10-12-28(47-4)18-34(26)49-6)37-44-38(2,19-35(50-37)36(40)41)29-16-24(8-13-30(29)39)17-32(46)31-14-11-27(42-3)20-43-31/h7-16,18-20,36H,17,21-22H2,1-2,4-6H3/t38-/m0/s1. The van der Waals surface area contributed by atoms with Gasteiger partial charge in [0, 0.05) is 35.4 Å². The summed E-state index contributed by atoms with van der Waals surface area (Å²) >= 11 is 0. The van der Waals surface area contributed by atoms with Crippen molar-refractivity contribution < 1.29 is 36.9 Å². The van der Waals surface area contributed by atoms with Gasteiger partial charge >= 0.3 is 0 Å². The molecule has 0 saturated heterocycles. The molecule has 0 aliphatic carbocycles. The molecule has 0 bridgehead atoms. The van der Waals surface area contributed by atoms with Crippen molar-refractivity contribution in [2.45, 2.75) is 45.3 Å². The predicted molar refractivity (Wildman–Crippen MR) is 181 cm³/mol. The summed E-state index contributed by atoms with van der Waals surface area (Å²) in [5.74, 6) is -0.163. The van der Waals surface area contributed by atoms with Crippen LogP contribution in [0.15, 0.2) is 89.8 Å². The highest BCUT2D eigenvalue weighted by atomic mass is 19.3. The fourth-order valence-corrected chi connectivity index (χ4v) is 5.58. The number of benzene rings is 3. The summed E-state index contributed by atoms with van der Waals surface area (Å²) in [6.45, 7) is 10.7.